The average molecular weight is 542 g/mol. The molecule has 4 aliphatic carbocycles. The van der Waals surface area contributed by atoms with Gasteiger partial charge in [0.1, 0.15) is 6.10 Å². The van der Waals surface area contributed by atoms with Crippen LogP contribution in [0, 0.1) is 45.3 Å². The van der Waals surface area contributed by atoms with Crippen molar-refractivity contribution in [3.8, 4) is 0 Å². The van der Waals surface area contributed by atoms with Gasteiger partial charge in [0.2, 0.25) is 0 Å². The van der Waals surface area contributed by atoms with E-state index in [-0.39, 0.29) is 40.0 Å². The number of aliphatic hydroxyl groups excluding tert-OH is 1. The summed E-state index contributed by atoms with van der Waals surface area (Å²) in [7, 11) is 0. The topological polar surface area (TPSA) is 76.0 Å². The first-order chi connectivity index (χ1) is 18.1. The van der Waals surface area contributed by atoms with E-state index in [1.54, 1.807) is 6.92 Å². The number of ketones is 1. The minimum atomic E-state index is -0.653. The van der Waals surface area contributed by atoms with Gasteiger partial charge in [0, 0.05) is 24.2 Å². The fourth-order valence-corrected chi connectivity index (χ4v) is 10.1. The maximum absolute atomic E-state index is 13.6. The molecule has 5 heteroatoms. The first-order valence-electron chi connectivity index (χ1n) is 15.7. The number of carbonyl (C=O) groups excluding carboxylic acids is 2. The zero-order chi connectivity index (χ0) is 29.0. The smallest absolute Gasteiger partial charge is 0.302 e. The minimum absolute atomic E-state index is 0.0202. The molecule has 3 fully saturated rings. The molecule has 220 valence electrons. The Morgan fingerprint density at radius 3 is 2.38 bits per heavy atom. The zero-order valence-electron chi connectivity index (χ0n) is 26.1. The summed E-state index contributed by atoms with van der Waals surface area (Å²) >= 11 is 0. The molecule has 0 bridgehead atoms. The highest BCUT2D eigenvalue weighted by Gasteiger charge is 2.60. The van der Waals surface area contributed by atoms with Gasteiger partial charge in [-0.25, -0.2) is 0 Å². The number of nitrogens with zero attached hydrogens (tertiary/aromatic N) is 1. The summed E-state index contributed by atoms with van der Waals surface area (Å²) in [6.45, 7) is 21.9. The van der Waals surface area contributed by atoms with Gasteiger partial charge in [-0.15, -0.1) is 0 Å². The van der Waals surface area contributed by atoms with Crippen molar-refractivity contribution in [3.05, 3.63) is 11.1 Å². The Morgan fingerprint density at radius 2 is 1.77 bits per heavy atom. The first-order valence-corrected chi connectivity index (χ1v) is 15.7. The quantitative estimate of drug-likeness (QED) is 0.292. The van der Waals surface area contributed by atoms with Crippen LogP contribution in [-0.2, 0) is 14.3 Å². The number of fused-ring (bicyclic) bond motifs is 4. The summed E-state index contributed by atoms with van der Waals surface area (Å²) in [4.78, 5) is 29.6. The molecular weight excluding hydrogens is 486 g/mol. The number of aliphatic imine (C=N–C) groups is 1. The number of hydrogen-bond donors (Lipinski definition) is 1. The number of allylic oxidation sites excluding steroid dienone is 1. The molecule has 4 aliphatic rings. The highest BCUT2D eigenvalue weighted by molar-refractivity contribution is 6.00. The van der Waals surface area contributed by atoms with Gasteiger partial charge in [-0.1, -0.05) is 60.5 Å². The van der Waals surface area contributed by atoms with Crippen molar-refractivity contribution in [1.82, 2.24) is 0 Å². The van der Waals surface area contributed by atoms with E-state index in [0.717, 1.165) is 63.4 Å². The van der Waals surface area contributed by atoms with Crippen LogP contribution in [0.25, 0.3) is 0 Å². The molecule has 0 spiro atoms. The van der Waals surface area contributed by atoms with Crippen molar-refractivity contribution in [2.75, 3.05) is 6.54 Å². The Kier molecular flexibility index (Phi) is 8.38. The predicted octanol–water partition coefficient (Wildman–Crippen LogP) is 7.35. The summed E-state index contributed by atoms with van der Waals surface area (Å²) in [6, 6.07) is 0. The first kappa shape index (κ1) is 30.5. The van der Waals surface area contributed by atoms with Crippen molar-refractivity contribution in [1.29, 1.82) is 0 Å². The number of carbonyl (C=O) groups is 2. The fourth-order valence-electron chi connectivity index (χ4n) is 10.1. The predicted molar refractivity (Wildman–Crippen MR) is 158 cm³/mol. The lowest BCUT2D eigenvalue weighted by Gasteiger charge is -2.58. The van der Waals surface area contributed by atoms with Gasteiger partial charge in [-0.05, 0) is 98.2 Å². The van der Waals surface area contributed by atoms with Crippen LogP contribution in [0.3, 0.4) is 0 Å². The molecule has 0 aromatic carbocycles. The largest absolute Gasteiger partial charge is 0.462 e. The molecule has 5 nitrogen and oxygen atoms in total. The number of aliphatic hydroxyl groups is 1. The third kappa shape index (κ3) is 4.97. The fraction of sp³-hybridized carbons (Fsp3) is 0.853. The molecule has 3 saturated carbocycles. The number of hydrogen-bond acceptors (Lipinski definition) is 5. The van der Waals surface area contributed by atoms with Gasteiger partial charge < -0.3 is 9.84 Å². The summed E-state index contributed by atoms with van der Waals surface area (Å²) in [5.74, 6) is 1.52. The lowest BCUT2D eigenvalue weighted by atomic mass is 9.47. The SMILES string of the molecule is C=NCC(O)C12CCC3(C)C(C)CCC4C(C)(CCCC3C1=C(C(C)C)C(=O)C2)CCC(OC(C)=O)C4(C)C. The summed E-state index contributed by atoms with van der Waals surface area (Å²) in [5, 5.41) is 11.5. The lowest BCUT2D eigenvalue weighted by molar-refractivity contribution is -0.169. The number of ether oxygens (including phenoxy) is 1. The molecule has 1 N–H and O–H groups in total. The minimum Gasteiger partial charge on any atom is -0.462 e. The number of esters is 1. The normalized spacial score (nSPS) is 41.3. The second kappa shape index (κ2) is 10.7. The van der Waals surface area contributed by atoms with E-state index < -0.39 is 11.5 Å². The molecule has 8 unspecified atom stereocenters. The molecule has 0 radical (unpaired) electrons. The summed E-state index contributed by atoms with van der Waals surface area (Å²) in [6.07, 6.45) is 9.23. The lowest BCUT2D eigenvalue weighted by Crippen LogP contribution is -2.53. The molecule has 4 rings (SSSR count). The van der Waals surface area contributed by atoms with Crippen LogP contribution in [0.2, 0.25) is 0 Å². The van der Waals surface area contributed by atoms with E-state index in [1.165, 1.54) is 5.57 Å². The number of rotatable bonds is 5. The summed E-state index contributed by atoms with van der Waals surface area (Å²) < 4.78 is 5.89. The second-order valence-electron chi connectivity index (χ2n) is 15.3. The molecule has 8 atom stereocenters. The van der Waals surface area contributed by atoms with E-state index >= 15 is 0 Å². The number of Topliss-reactive ketones (excluding diaryl/α,β-unsaturated/α-hetero) is 1. The van der Waals surface area contributed by atoms with E-state index in [9.17, 15) is 14.7 Å². The van der Waals surface area contributed by atoms with Crippen molar-refractivity contribution in [2.24, 2.45) is 50.3 Å². The van der Waals surface area contributed by atoms with Gasteiger partial charge in [-0.2, -0.15) is 0 Å². The van der Waals surface area contributed by atoms with Gasteiger partial charge >= 0.3 is 5.97 Å². The van der Waals surface area contributed by atoms with Gasteiger partial charge in [0.05, 0.1) is 12.6 Å². The maximum Gasteiger partial charge on any atom is 0.302 e. The molecule has 0 amide bonds. The van der Waals surface area contributed by atoms with E-state index in [1.807, 2.05) is 0 Å². The molecular formula is C34H55NO4. The Bertz CT molecular complexity index is 1010. The zero-order valence-corrected chi connectivity index (χ0v) is 26.1. The van der Waals surface area contributed by atoms with E-state index in [4.69, 9.17) is 4.74 Å². The molecule has 0 aromatic heterocycles. The summed E-state index contributed by atoms with van der Waals surface area (Å²) in [5.41, 5.74) is 2.03. The Balaban J connectivity index is 1.74. The Labute approximate surface area is 237 Å². The van der Waals surface area contributed by atoms with Crippen molar-refractivity contribution >= 4 is 18.5 Å². The van der Waals surface area contributed by atoms with Crippen LogP contribution in [0.15, 0.2) is 16.1 Å². The highest BCUT2D eigenvalue weighted by Crippen LogP contribution is 2.66. The second-order valence-corrected chi connectivity index (χ2v) is 15.3. The van der Waals surface area contributed by atoms with Crippen molar-refractivity contribution < 1.29 is 19.4 Å². The van der Waals surface area contributed by atoms with E-state index in [2.05, 4.69) is 60.2 Å². The Hall–Kier alpha value is -1.49. The monoisotopic (exact) mass is 541 g/mol. The van der Waals surface area contributed by atoms with Gasteiger partial charge in [0.25, 0.3) is 0 Å². The highest BCUT2D eigenvalue weighted by atomic mass is 16.5. The molecule has 0 saturated heterocycles. The standard InChI is InChI=1S/C34H55NO4/c1-21(2)29-25(37)19-34(27(38)20-35-9)18-17-33(8)22(3)12-13-26-31(5,6)28(39-23(4)36)14-16-32(26,7)15-10-11-24(33)30(29)34/h21-22,24,26-28,38H,9-20H2,1-8H3. The average Bonchev–Trinajstić information content (AvgIpc) is 3.15. The third-order valence-electron chi connectivity index (χ3n) is 12.5. The van der Waals surface area contributed by atoms with Crippen LogP contribution < -0.4 is 0 Å². The van der Waals surface area contributed by atoms with Crippen molar-refractivity contribution in [3.63, 3.8) is 0 Å². The van der Waals surface area contributed by atoms with Crippen LogP contribution in [-0.4, -0.2) is 42.3 Å². The van der Waals surface area contributed by atoms with Crippen LogP contribution in [0.1, 0.15) is 120 Å². The van der Waals surface area contributed by atoms with Crippen LogP contribution in [0.4, 0.5) is 0 Å². The third-order valence-corrected chi connectivity index (χ3v) is 12.5. The molecule has 0 aromatic rings. The van der Waals surface area contributed by atoms with Crippen molar-refractivity contribution in [2.45, 2.75) is 132 Å². The Morgan fingerprint density at radius 1 is 1.08 bits per heavy atom. The maximum atomic E-state index is 13.6. The molecule has 0 heterocycles. The van der Waals surface area contributed by atoms with Crippen LogP contribution in [0.5, 0.6) is 0 Å². The molecule has 0 aliphatic heterocycles. The molecule has 39 heavy (non-hydrogen) atoms. The van der Waals surface area contributed by atoms with Crippen LogP contribution >= 0.6 is 0 Å². The van der Waals surface area contributed by atoms with Gasteiger partial charge in [-0.3, -0.25) is 14.6 Å². The van der Waals surface area contributed by atoms with E-state index in [0.29, 0.717) is 30.7 Å². The van der Waals surface area contributed by atoms with Gasteiger partial charge in [0.15, 0.2) is 5.78 Å².